The predicted molar refractivity (Wildman–Crippen MR) is 78.5 cm³/mol. The summed E-state index contributed by atoms with van der Waals surface area (Å²) in [6, 6.07) is 7.72. The van der Waals surface area contributed by atoms with Gasteiger partial charge in [0.25, 0.3) is 0 Å². The van der Waals surface area contributed by atoms with Crippen LogP contribution in [0, 0.1) is 5.92 Å². The van der Waals surface area contributed by atoms with E-state index in [1.165, 1.54) is 0 Å². The zero-order valence-electron chi connectivity index (χ0n) is 12.2. The molecule has 1 unspecified atom stereocenters. The highest BCUT2D eigenvalue weighted by atomic mass is 16.5. The summed E-state index contributed by atoms with van der Waals surface area (Å²) >= 11 is 0. The number of amides is 1. The van der Waals surface area contributed by atoms with Gasteiger partial charge >= 0.3 is 0 Å². The number of hydrogen-bond acceptors (Lipinski definition) is 3. The molecule has 0 aliphatic heterocycles. The number of anilines is 1. The smallest absolute Gasteiger partial charge is 0.238 e. The molecular formula is C15H24N2O2. The molecule has 4 nitrogen and oxygen atoms in total. The maximum absolute atomic E-state index is 11.8. The van der Waals surface area contributed by atoms with Crippen molar-refractivity contribution in [3.8, 4) is 5.75 Å². The molecule has 4 heteroatoms. The Balaban J connectivity index is 2.46. The van der Waals surface area contributed by atoms with Gasteiger partial charge in [-0.3, -0.25) is 4.79 Å². The fraction of sp³-hybridized carbons (Fsp3) is 0.533. The molecule has 1 atom stereocenters. The van der Waals surface area contributed by atoms with Crippen LogP contribution in [0.1, 0.15) is 27.2 Å². The van der Waals surface area contributed by atoms with E-state index in [-0.39, 0.29) is 5.91 Å². The molecule has 1 rings (SSSR count). The summed E-state index contributed by atoms with van der Waals surface area (Å²) in [4.78, 5) is 11.8. The highest BCUT2D eigenvalue weighted by Crippen LogP contribution is 2.16. The van der Waals surface area contributed by atoms with E-state index in [1.54, 1.807) is 13.2 Å². The summed E-state index contributed by atoms with van der Waals surface area (Å²) in [7, 11) is 1.61. The molecule has 19 heavy (non-hydrogen) atoms. The van der Waals surface area contributed by atoms with E-state index >= 15 is 0 Å². The molecule has 2 N–H and O–H groups in total. The minimum absolute atomic E-state index is 0.0349. The van der Waals surface area contributed by atoms with Crippen molar-refractivity contribution in [2.75, 3.05) is 19.0 Å². The second-order valence-electron chi connectivity index (χ2n) is 4.92. The minimum Gasteiger partial charge on any atom is -0.497 e. The second-order valence-corrected chi connectivity index (χ2v) is 4.92. The average Bonchev–Trinajstić information content (AvgIpc) is 2.39. The first-order valence-electron chi connectivity index (χ1n) is 6.74. The molecule has 106 valence electrons. The highest BCUT2D eigenvalue weighted by Gasteiger charge is 2.12. The zero-order valence-corrected chi connectivity index (χ0v) is 12.2. The molecule has 0 fully saturated rings. The normalized spacial score (nSPS) is 12.3. The standard InChI is InChI=1S/C15H24N2O2/c1-5-14(11(2)3)16-10-15(18)17-12-7-6-8-13(9-12)19-4/h6-9,11,14,16H,5,10H2,1-4H3,(H,17,18). The summed E-state index contributed by atoms with van der Waals surface area (Å²) in [5, 5.41) is 6.13. The van der Waals surface area contributed by atoms with Gasteiger partial charge < -0.3 is 15.4 Å². The third kappa shape index (κ3) is 5.30. The first-order chi connectivity index (χ1) is 9.06. The zero-order chi connectivity index (χ0) is 14.3. The lowest BCUT2D eigenvalue weighted by atomic mass is 10.0. The maximum atomic E-state index is 11.8. The molecule has 0 bridgehead atoms. The van der Waals surface area contributed by atoms with Crippen LogP contribution < -0.4 is 15.4 Å². The molecule has 1 aromatic carbocycles. The van der Waals surface area contributed by atoms with E-state index in [0.717, 1.165) is 17.9 Å². The Labute approximate surface area is 115 Å². The Kier molecular flexibility index (Phi) is 6.36. The highest BCUT2D eigenvalue weighted by molar-refractivity contribution is 5.92. The Bertz CT molecular complexity index is 405. The summed E-state index contributed by atoms with van der Waals surface area (Å²) in [5.74, 6) is 1.22. The quantitative estimate of drug-likeness (QED) is 0.796. The number of carbonyl (C=O) groups is 1. The lowest BCUT2D eigenvalue weighted by molar-refractivity contribution is -0.115. The van der Waals surface area contributed by atoms with Crippen LogP contribution in [0.25, 0.3) is 0 Å². The Morgan fingerprint density at radius 2 is 2.11 bits per heavy atom. The Hall–Kier alpha value is -1.55. The minimum atomic E-state index is -0.0349. The van der Waals surface area contributed by atoms with E-state index in [2.05, 4.69) is 31.4 Å². The van der Waals surface area contributed by atoms with Crippen LogP contribution >= 0.6 is 0 Å². The predicted octanol–water partition coefficient (Wildman–Crippen LogP) is 2.66. The average molecular weight is 264 g/mol. The summed E-state index contributed by atoms with van der Waals surface area (Å²) in [6.45, 7) is 6.76. The van der Waals surface area contributed by atoms with Crippen molar-refractivity contribution in [2.45, 2.75) is 33.2 Å². The van der Waals surface area contributed by atoms with Gasteiger partial charge in [0.05, 0.1) is 13.7 Å². The van der Waals surface area contributed by atoms with Crippen molar-refractivity contribution in [3.63, 3.8) is 0 Å². The topological polar surface area (TPSA) is 50.4 Å². The van der Waals surface area contributed by atoms with E-state index in [0.29, 0.717) is 18.5 Å². The van der Waals surface area contributed by atoms with Crippen molar-refractivity contribution in [3.05, 3.63) is 24.3 Å². The number of nitrogens with one attached hydrogen (secondary N) is 2. The molecule has 0 spiro atoms. The molecule has 1 aromatic rings. The molecule has 0 saturated carbocycles. The molecule has 0 aliphatic rings. The summed E-state index contributed by atoms with van der Waals surface area (Å²) in [6.07, 6.45) is 1.02. The van der Waals surface area contributed by atoms with E-state index in [4.69, 9.17) is 4.74 Å². The molecule has 0 radical (unpaired) electrons. The third-order valence-electron chi connectivity index (χ3n) is 3.12. The van der Waals surface area contributed by atoms with Crippen LogP contribution in [0.2, 0.25) is 0 Å². The summed E-state index contributed by atoms with van der Waals surface area (Å²) in [5.41, 5.74) is 0.753. The number of hydrogen-bond donors (Lipinski definition) is 2. The lowest BCUT2D eigenvalue weighted by Crippen LogP contribution is -2.38. The van der Waals surface area contributed by atoms with Crippen molar-refractivity contribution in [1.82, 2.24) is 5.32 Å². The monoisotopic (exact) mass is 264 g/mol. The fourth-order valence-electron chi connectivity index (χ4n) is 1.98. The fourth-order valence-corrected chi connectivity index (χ4v) is 1.98. The molecule has 0 saturated heterocycles. The number of carbonyl (C=O) groups excluding carboxylic acids is 1. The lowest BCUT2D eigenvalue weighted by Gasteiger charge is -2.20. The van der Waals surface area contributed by atoms with Gasteiger partial charge in [-0.05, 0) is 24.5 Å². The first kappa shape index (κ1) is 15.5. The van der Waals surface area contributed by atoms with Crippen molar-refractivity contribution >= 4 is 11.6 Å². The molecule has 1 amide bonds. The largest absolute Gasteiger partial charge is 0.497 e. The Morgan fingerprint density at radius 1 is 1.37 bits per heavy atom. The SMILES string of the molecule is CCC(NCC(=O)Nc1cccc(OC)c1)C(C)C. The number of ether oxygens (including phenoxy) is 1. The van der Waals surface area contributed by atoms with Crippen LogP contribution in [0.15, 0.2) is 24.3 Å². The van der Waals surface area contributed by atoms with Crippen molar-refractivity contribution < 1.29 is 9.53 Å². The van der Waals surface area contributed by atoms with Crippen LogP contribution in [0.5, 0.6) is 5.75 Å². The van der Waals surface area contributed by atoms with Gasteiger partial charge in [0.2, 0.25) is 5.91 Å². The van der Waals surface area contributed by atoms with E-state index < -0.39 is 0 Å². The van der Waals surface area contributed by atoms with E-state index in [9.17, 15) is 4.79 Å². The van der Waals surface area contributed by atoms with Gasteiger partial charge in [0, 0.05) is 17.8 Å². The van der Waals surface area contributed by atoms with Crippen molar-refractivity contribution in [1.29, 1.82) is 0 Å². The van der Waals surface area contributed by atoms with Gasteiger partial charge in [-0.15, -0.1) is 0 Å². The van der Waals surface area contributed by atoms with E-state index in [1.807, 2.05) is 18.2 Å². The van der Waals surface area contributed by atoms with Gasteiger partial charge in [-0.1, -0.05) is 26.8 Å². The number of rotatable bonds is 7. The third-order valence-corrected chi connectivity index (χ3v) is 3.12. The number of benzene rings is 1. The molecule has 0 heterocycles. The Morgan fingerprint density at radius 3 is 2.68 bits per heavy atom. The van der Waals surface area contributed by atoms with Gasteiger partial charge in [-0.25, -0.2) is 0 Å². The van der Waals surface area contributed by atoms with Gasteiger partial charge in [0.15, 0.2) is 0 Å². The van der Waals surface area contributed by atoms with Gasteiger partial charge in [0.1, 0.15) is 5.75 Å². The van der Waals surface area contributed by atoms with Crippen molar-refractivity contribution in [2.24, 2.45) is 5.92 Å². The maximum Gasteiger partial charge on any atom is 0.238 e. The second kappa shape index (κ2) is 7.79. The van der Waals surface area contributed by atoms with Crippen LogP contribution in [0.3, 0.4) is 0 Å². The first-order valence-corrected chi connectivity index (χ1v) is 6.74. The molecular weight excluding hydrogens is 240 g/mol. The van der Waals surface area contributed by atoms with Crippen LogP contribution in [-0.2, 0) is 4.79 Å². The van der Waals surface area contributed by atoms with Gasteiger partial charge in [-0.2, -0.15) is 0 Å². The van der Waals surface area contributed by atoms with Crippen LogP contribution in [0.4, 0.5) is 5.69 Å². The molecule has 0 aromatic heterocycles. The number of methoxy groups -OCH3 is 1. The summed E-state index contributed by atoms with van der Waals surface area (Å²) < 4.78 is 5.12. The van der Waals surface area contributed by atoms with Crippen LogP contribution in [-0.4, -0.2) is 25.6 Å². The molecule has 0 aliphatic carbocycles.